The van der Waals surface area contributed by atoms with Gasteiger partial charge in [0.1, 0.15) is 0 Å². The fraction of sp³-hybridized carbons (Fsp3) is 0.300. The number of piperidine rings is 1. The van der Waals surface area contributed by atoms with Crippen molar-refractivity contribution in [3.63, 3.8) is 0 Å². The van der Waals surface area contributed by atoms with Crippen LogP contribution in [0.3, 0.4) is 0 Å². The first-order valence-corrected chi connectivity index (χ1v) is 10.6. The van der Waals surface area contributed by atoms with Gasteiger partial charge in [-0.1, -0.05) is 0 Å². The van der Waals surface area contributed by atoms with E-state index in [1.54, 1.807) is 16.9 Å². The van der Waals surface area contributed by atoms with E-state index < -0.39 is 0 Å². The second kappa shape index (κ2) is 7.41. The zero-order chi connectivity index (χ0) is 19.8. The topological polar surface area (TPSA) is 92.4 Å². The lowest BCUT2D eigenvalue weighted by Gasteiger charge is -2.26. The van der Waals surface area contributed by atoms with E-state index in [0.29, 0.717) is 0 Å². The van der Waals surface area contributed by atoms with Crippen molar-refractivity contribution in [2.24, 2.45) is 0 Å². The molecule has 5 heterocycles. The zero-order valence-corrected chi connectivity index (χ0v) is 16.9. The van der Waals surface area contributed by atoms with E-state index in [-0.39, 0.29) is 11.9 Å². The van der Waals surface area contributed by atoms with Gasteiger partial charge in [-0.05, 0) is 17.0 Å². The van der Waals surface area contributed by atoms with Crippen molar-refractivity contribution in [3.05, 3.63) is 47.3 Å². The maximum atomic E-state index is 12.7. The molecule has 0 unspecified atom stereocenters. The maximum Gasteiger partial charge on any atom is 0.261 e. The Labute approximate surface area is 171 Å². The molecule has 1 aliphatic rings. The van der Waals surface area contributed by atoms with Crippen molar-refractivity contribution in [2.75, 3.05) is 20.1 Å². The molecular weight excluding hydrogens is 386 g/mol. The molecule has 148 valence electrons. The molecule has 8 nitrogen and oxygen atoms in total. The highest BCUT2D eigenvalue weighted by Crippen LogP contribution is 2.29. The quantitative estimate of drug-likeness (QED) is 0.474. The van der Waals surface area contributed by atoms with Gasteiger partial charge in [0.25, 0.3) is 5.91 Å². The average molecular weight is 409 g/mol. The lowest BCUT2D eigenvalue weighted by atomic mass is 10.1. The van der Waals surface area contributed by atoms with Crippen molar-refractivity contribution >= 4 is 22.9 Å². The maximum absolute atomic E-state index is 12.7. The summed E-state index contributed by atoms with van der Waals surface area (Å²) in [4.78, 5) is 19.5. The van der Waals surface area contributed by atoms with E-state index in [9.17, 15) is 4.79 Å². The Hall–Kier alpha value is -3.04. The number of nitrogens with zero attached hydrogens (tertiary/aromatic N) is 4. The predicted octanol–water partition coefficient (Wildman–Crippen LogP) is 1.25. The molecule has 4 aromatic heterocycles. The minimum atomic E-state index is 0.0116. The Bertz CT molecular complexity index is 1140. The smallest absolute Gasteiger partial charge is 0.261 e. The van der Waals surface area contributed by atoms with E-state index in [2.05, 4.69) is 32.6 Å². The van der Waals surface area contributed by atoms with Crippen LogP contribution in [0.15, 0.2) is 42.4 Å². The molecule has 0 aromatic carbocycles. The lowest BCUT2D eigenvalue weighted by molar-refractivity contribution is -0.884. The van der Waals surface area contributed by atoms with Gasteiger partial charge in [-0.2, -0.15) is 10.2 Å². The second-order valence-corrected chi connectivity index (χ2v) is 8.47. The van der Waals surface area contributed by atoms with Gasteiger partial charge in [0, 0.05) is 54.2 Å². The molecule has 29 heavy (non-hydrogen) atoms. The SMILES string of the molecule is C[NH+]1CCC(NC(=O)c2cc(-c3cnn4cc(-c5cn[nH]c5)cnc34)cs2)CC1. The van der Waals surface area contributed by atoms with Gasteiger partial charge in [-0.3, -0.25) is 9.89 Å². The highest BCUT2D eigenvalue weighted by Gasteiger charge is 2.22. The fourth-order valence-corrected chi connectivity index (χ4v) is 4.55. The number of thiophene rings is 1. The molecule has 0 aliphatic carbocycles. The van der Waals surface area contributed by atoms with Crippen LogP contribution in [0.5, 0.6) is 0 Å². The lowest BCUT2D eigenvalue weighted by Crippen LogP contribution is -3.10. The molecule has 9 heteroatoms. The Morgan fingerprint density at radius 3 is 2.90 bits per heavy atom. The highest BCUT2D eigenvalue weighted by molar-refractivity contribution is 7.12. The first-order chi connectivity index (χ1) is 14.2. The number of carbonyl (C=O) groups is 1. The molecule has 0 radical (unpaired) electrons. The molecular formula is C20H22N7OS+. The minimum Gasteiger partial charge on any atom is -0.348 e. The van der Waals surface area contributed by atoms with Crippen LogP contribution in [-0.2, 0) is 0 Å². The number of aromatic amines is 1. The standard InChI is InChI=1S/C20H21N7OS/c1-26-4-2-16(3-5-26)25-20(28)18-6-13(12-29-18)17-10-24-27-11-15(7-21-19(17)27)14-8-22-23-9-14/h6-12,16H,2-5H2,1H3,(H,22,23)(H,25,28)/p+1. The number of likely N-dealkylation sites (tertiary alicyclic amines) is 1. The van der Waals surface area contributed by atoms with Gasteiger partial charge in [-0.15, -0.1) is 11.3 Å². The summed E-state index contributed by atoms with van der Waals surface area (Å²) in [5, 5.41) is 16.4. The number of fused-ring (bicyclic) bond motifs is 1. The van der Waals surface area contributed by atoms with Crippen LogP contribution < -0.4 is 10.2 Å². The Morgan fingerprint density at radius 1 is 1.24 bits per heavy atom. The minimum absolute atomic E-state index is 0.0116. The summed E-state index contributed by atoms with van der Waals surface area (Å²) in [6.07, 6.45) is 11.2. The van der Waals surface area contributed by atoms with Crippen LogP contribution in [-0.4, -0.2) is 56.9 Å². The van der Waals surface area contributed by atoms with Crippen LogP contribution in [0.25, 0.3) is 27.9 Å². The molecule has 1 saturated heterocycles. The number of carbonyl (C=O) groups excluding carboxylic acids is 1. The van der Waals surface area contributed by atoms with Crippen molar-refractivity contribution in [3.8, 4) is 22.3 Å². The van der Waals surface area contributed by atoms with Crippen molar-refractivity contribution in [2.45, 2.75) is 18.9 Å². The Morgan fingerprint density at radius 2 is 2.10 bits per heavy atom. The van der Waals surface area contributed by atoms with E-state index in [1.165, 1.54) is 16.2 Å². The van der Waals surface area contributed by atoms with E-state index >= 15 is 0 Å². The van der Waals surface area contributed by atoms with E-state index in [1.807, 2.05) is 30.0 Å². The molecule has 3 N–H and O–H groups in total. The van der Waals surface area contributed by atoms with Crippen LogP contribution in [0.2, 0.25) is 0 Å². The van der Waals surface area contributed by atoms with Gasteiger partial charge in [0.05, 0.1) is 37.4 Å². The van der Waals surface area contributed by atoms with E-state index in [4.69, 9.17) is 0 Å². The molecule has 0 atom stereocenters. The summed E-state index contributed by atoms with van der Waals surface area (Å²) in [5.74, 6) is 0.0116. The molecule has 1 amide bonds. The zero-order valence-electron chi connectivity index (χ0n) is 16.1. The summed E-state index contributed by atoms with van der Waals surface area (Å²) in [7, 11) is 2.20. The number of hydrogen-bond acceptors (Lipinski definition) is 5. The molecule has 0 spiro atoms. The van der Waals surface area contributed by atoms with Gasteiger partial charge in [0.2, 0.25) is 0 Å². The Balaban J connectivity index is 1.36. The van der Waals surface area contributed by atoms with Crippen molar-refractivity contribution in [1.82, 2.24) is 30.1 Å². The number of nitrogens with one attached hydrogen (secondary N) is 3. The van der Waals surface area contributed by atoms with Gasteiger partial charge in [0.15, 0.2) is 5.65 Å². The van der Waals surface area contributed by atoms with Crippen LogP contribution in [0.1, 0.15) is 22.5 Å². The van der Waals surface area contributed by atoms with Gasteiger partial charge >= 0.3 is 0 Å². The fourth-order valence-electron chi connectivity index (χ4n) is 3.74. The number of quaternary nitrogens is 1. The first kappa shape index (κ1) is 18.0. The Kier molecular flexibility index (Phi) is 4.61. The van der Waals surface area contributed by atoms with Crippen LogP contribution >= 0.6 is 11.3 Å². The van der Waals surface area contributed by atoms with E-state index in [0.717, 1.165) is 58.7 Å². The normalized spacial score (nSPS) is 19.5. The summed E-state index contributed by atoms with van der Waals surface area (Å²) in [5.41, 5.74) is 4.54. The molecule has 0 saturated carbocycles. The third kappa shape index (κ3) is 3.54. The molecule has 5 rings (SSSR count). The highest BCUT2D eigenvalue weighted by atomic mass is 32.1. The number of rotatable bonds is 4. The summed E-state index contributed by atoms with van der Waals surface area (Å²) in [6, 6.07) is 2.21. The first-order valence-electron chi connectivity index (χ1n) is 9.71. The summed E-state index contributed by atoms with van der Waals surface area (Å²) in [6.45, 7) is 2.21. The van der Waals surface area contributed by atoms with Crippen molar-refractivity contribution < 1.29 is 9.69 Å². The average Bonchev–Trinajstić information content (AvgIpc) is 3.49. The van der Waals surface area contributed by atoms with Crippen molar-refractivity contribution in [1.29, 1.82) is 0 Å². The number of aromatic nitrogens is 5. The molecule has 1 fully saturated rings. The monoisotopic (exact) mass is 408 g/mol. The summed E-state index contributed by atoms with van der Waals surface area (Å²) < 4.78 is 1.76. The molecule has 0 bridgehead atoms. The third-order valence-electron chi connectivity index (χ3n) is 5.50. The third-order valence-corrected chi connectivity index (χ3v) is 6.43. The number of amides is 1. The molecule has 4 aromatic rings. The number of hydrogen-bond donors (Lipinski definition) is 3. The molecule has 1 aliphatic heterocycles. The largest absolute Gasteiger partial charge is 0.348 e. The second-order valence-electron chi connectivity index (χ2n) is 7.56. The summed E-state index contributed by atoms with van der Waals surface area (Å²) >= 11 is 1.46. The van der Waals surface area contributed by atoms with Crippen LogP contribution in [0.4, 0.5) is 0 Å². The van der Waals surface area contributed by atoms with Gasteiger partial charge in [-0.25, -0.2) is 9.50 Å². The van der Waals surface area contributed by atoms with Crippen LogP contribution in [0, 0.1) is 0 Å². The predicted molar refractivity (Wildman–Crippen MR) is 111 cm³/mol. The van der Waals surface area contributed by atoms with Gasteiger partial charge < -0.3 is 10.2 Å². The number of H-pyrrole nitrogens is 1.